The van der Waals surface area contributed by atoms with E-state index in [0.29, 0.717) is 25.7 Å². The van der Waals surface area contributed by atoms with Gasteiger partial charge in [0.2, 0.25) is 0 Å². The predicted octanol–water partition coefficient (Wildman–Crippen LogP) is 23.4. The van der Waals surface area contributed by atoms with Gasteiger partial charge < -0.3 is 33.8 Å². The normalized spacial score (nSPS) is 14.6. The van der Waals surface area contributed by atoms with E-state index in [0.717, 1.165) is 231 Å². The summed E-state index contributed by atoms with van der Waals surface area (Å²) in [6.45, 7) is 4.46. The Kier molecular flexibility index (Phi) is 72.4. The highest BCUT2D eigenvalue weighted by Crippen LogP contribution is 2.45. The van der Waals surface area contributed by atoms with Gasteiger partial charge in [-0.15, -0.1) is 0 Å². The quantitative estimate of drug-likeness (QED) is 0.0169. The first-order valence-electron chi connectivity index (χ1n) is 40.1. The molecule has 0 aromatic heterocycles. The number of rotatable bonds is 74. The zero-order chi connectivity index (χ0) is 76.0. The summed E-state index contributed by atoms with van der Waals surface area (Å²) in [5.41, 5.74) is 0. The van der Waals surface area contributed by atoms with Crippen LogP contribution in [0.4, 0.5) is 0 Å². The van der Waals surface area contributed by atoms with Crippen LogP contribution in [0.5, 0.6) is 0 Å². The third-order valence-corrected chi connectivity index (χ3v) is 18.1. The van der Waals surface area contributed by atoms with Crippen molar-refractivity contribution in [3.8, 4) is 0 Å². The van der Waals surface area contributed by atoms with Crippen LogP contribution < -0.4 is 0 Å². The highest BCUT2D eigenvalue weighted by Gasteiger charge is 2.30. The molecule has 0 saturated carbocycles. The molecule has 0 aliphatic carbocycles. The van der Waals surface area contributed by atoms with Crippen LogP contribution in [0.25, 0.3) is 0 Å². The van der Waals surface area contributed by atoms with Crippen molar-refractivity contribution >= 4 is 39.5 Å². The van der Waals surface area contributed by atoms with Gasteiger partial charge in [-0.25, -0.2) is 9.13 Å². The van der Waals surface area contributed by atoms with Crippen LogP contribution >= 0.6 is 15.6 Å². The minimum Gasteiger partial charge on any atom is -0.462 e. The SMILES string of the molecule is CC/C=C\C/C=C\C/C=C\C/C=C\CCCCCCCCC(=O)OCC(COP(=O)(O)OCC(O)COP(=O)(O)OCC(COC(=O)CCCCCCC/C=C\C/C=C\CCC)OC(=O)CCCCCCC/C=C\C/C=C\CCC)OC(=O)CCCCCCCC/C=C\C/C=C\C/C=C\C/C=C\CC. The third-order valence-electron chi connectivity index (χ3n) is 16.2. The molecule has 0 spiro atoms. The number of phosphoric ester groups is 2. The van der Waals surface area contributed by atoms with E-state index in [1.54, 1.807) is 0 Å². The molecule has 0 aromatic carbocycles. The molecule has 5 atom stereocenters. The van der Waals surface area contributed by atoms with E-state index in [1.807, 2.05) is 0 Å². The molecular formula is C85H142O17P2. The van der Waals surface area contributed by atoms with Gasteiger partial charge >= 0.3 is 39.5 Å². The van der Waals surface area contributed by atoms with Crippen LogP contribution in [0.2, 0.25) is 0 Å². The zero-order valence-corrected chi connectivity index (χ0v) is 66.7. The van der Waals surface area contributed by atoms with Crippen molar-refractivity contribution < 1.29 is 80.2 Å². The summed E-state index contributed by atoms with van der Waals surface area (Å²) in [5, 5.41) is 10.6. The second-order valence-corrected chi connectivity index (χ2v) is 29.1. The Labute approximate surface area is 630 Å². The van der Waals surface area contributed by atoms with E-state index >= 15 is 0 Å². The van der Waals surface area contributed by atoms with Crippen molar-refractivity contribution in [1.29, 1.82) is 0 Å². The number of hydrogen-bond donors (Lipinski definition) is 3. The Bertz CT molecular complexity index is 2540. The molecular weight excluding hydrogens is 1350 g/mol. The summed E-state index contributed by atoms with van der Waals surface area (Å²) in [7, 11) is -9.98. The maximum Gasteiger partial charge on any atom is 0.472 e. The number of esters is 4. The molecule has 0 aliphatic rings. The molecule has 0 aromatic rings. The van der Waals surface area contributed by atoms with Gasteiger partial charge in [0.05, 0.1) is 26.4 Å². The molecule has 3 N–H and O–H groups in total. The highest BCUT2D eigenvalue weighted by molar-refractivity contribution is 7.47. The average molecular weight is 1500 g/mol. The largest absolute Gasteiger partial charge is 0.472 e. The Morgan fingerprint density at radius 3 is 0.769 bits per heavy atom. The smallest absolute Gasteiger partial charge is 0.462 e. The Hall–Kier alpha value is -5.06. The monoisotopic (exact) mass is 1500 g/mol. The lowest BCUT2D eigenvalue weighted by atomic mass is 10.1. The predicted molar refractivity (Wildman–Crippen MR) is 427 cm³/mol. The van der Waals surface area contributed by atoms with Gasteiger partial charge in [0, 0.05) is 25.7 Å². The van der Waals surface area contributed by atoms with Gasteiger partial charge in [0.15, 0.2) is 12.2 Å². The third kappa shape index (κ3) is 75.2. The van der Waals surface area contributed by atoms with Gasteiger partial charge in [-0.2, -0.15) is 0 Å². The fourth-order valence-corrected chi connectivity index (χ4v) is 11.8. The summed E-state index contributed by atoms with van der Waals surface area (Å²) in [6.07, 6.45) is 86.8. The summed E-state index contributed by atoms with van der Waals surface area (Å²) < 4.78 is 68.6. The number of aliphatic hydroxyl groups excluding tert-OH is 1. The highest BCUT2D eigenvalue weighted by atomic mass is 31.2. The zero-order valence-electron chi connectivity index (χ0n) is 64.9. The van der Waals surface area contributed by atoms with Crippen molar-refractivity contribution in [3.63, 3.8) is 0 Å². The summed E-state index contributed by atoms with van der Waals surface area (Å²) in [4.78, 5) is 73.0. The molecule has 0 fully saturated rings. The molecule has 0 bridgehead atoms. The fraction of sp³-hybridized carbons (Fsp3) is 0.671. The molecule has 0 saturated heterocycles. The fourth-order valence-electron chi connectivity index (χ4n) is 10.2. The van der Waals surface area contributed by atoms with E-state index in [1.165, 1.54) is 0 Å². The average Bonchev–Trinajstić information content (AvgIpc) is 0.906. The lowest BCUT2D eigenvalue weighted by Gasteiger charge is -2.21. The van der Waals surface area contributed by atoms with Crippen LogP contribution in [0.3, 0.4) is 0 Å². The molecule has 0 heterocycles. The Morgan fingerprint density at radius 1 is 0.279 bits per heavy atom. The Balaban J connectivity index is 5.40. The molecule has 0 rings (SSSR count). The molecule has 0 amide bonds. The second kappa shape index (κ2) is 76.1. The van der Waals surface area contributed by atoms with E-state index in [-0.39, 0.29) is 25.7 Å². The number of phosphoric acid groups is 2. The van der Waals surface area contributed by atoms with Crippen LogP contribution in [0, 0.1) is 0 Å². The maximum absolute atomic E-state index is 13.1. The molecule has 0 aliphatic heterocycles. The van der Waals surface area contributed by atoms with E-state index < -0.39 is 97.5 Å². The number of allylic oxidation sites excluding steroid dienone is 24. The van der Waals surface area contributed by atoms with E-state index in [2.05, 4.69) is 174 Å². The lowest BCUT2D eigenvalue weighted by Crippen LogP contribution is -2.30. The van der Waals surface area contributed by atoms with Crippen LogP contribution in [0.15, 0.2) is 146 Å². The standard InChI is InChI=1S/C85H142O17P2/c1-5-9-13-17-21-25-29-33-35-37-39-41-43-47-50-54-58-62-66-70-83(88)96-76-81(102-85(90)72-68-64-60-56-52-48-44-42-40-38-36-34-30-26-22-18-14-10-6-2)78-100-104(93,94)98-74-79(86)73-97-103(91,92)99-77-80(101-84(89)71-67-63-59-55-51-46-32-28-24-20-16-12-8-4)75-95-82(87)69-65-61-57-53-49-45-31-27-23-19-15-11-7-3/h9-10,13-16,19-22,25-28,31-36,39-42,79-81,86H,5-8,11-12,17-18,23-24,29-30,37-38,43-78H2,1-4H3,(H,91,92)(H,93,94)/b13-9-,14-10-,19-15-,20-16-,25-21-,26-22-,31-27-,32-28-,35-33-,36-34-,41-39-,42-40-. The summed E-state index contributed by atoms with van der Waals surface area (Å²) in [5.74, 6) is -2.24. The van der Waals surface area contributed by atoms with Crippen molar-refractivity contribution in [2.24, 2.45) is 0 Å². The minimum atomic E-state index is -4.99. The lowest BCUT2D eigenvalue weighted by molar-refractivity contribution is -0.161. The number of carbonyl (C=O) groups excluding carboxylic acids is 4. The van der Waals surface area contributed by atoms with Gasteiger partial charge in [-0.1, -0.05) is 276 Å². The van der Waals surface area contributed by atoms with Gasteiger partial charge in [-0.05, 0) is 154 Å². The van der Waals surface area contributed by atoms with E-state index in [9.17, 15) is 43.2 Å². The number of carbonyl (C=O) groups is 4. The minimum absolute atomic E-state index is 0.0705. The molecule has 594 valence electrons. The first-order valence-corrected chi connectivity index (χ1v) is 43.1. The van der Waals surface area contributed by atoms with Crippen molar-refractivity contribution in [2.75, 3.05) is 39.6 Å². The van der Waals surface area contributed by atoms with Crippen molar-refractivity contribution in [2.45, 2.75) is 329 Å². The van der Waals surface area contributed by atoms with Crippen LogP contribution in [0.1, 0.15) is 310 Å². The second-order valence-electron chi connectivity index (χ2n) is 26.2. The first-order chi connectivity index (χ1) is 50.7. The maximum atomic E-state index is 13.1. The molecule has 0 radical (unpaired) electrons. The molecule has 5 unspecified atom stereocenters. The van der Waals surface area contributed by atoms with Gasteiger partial charge in [-0.3, -0.25) is 37.3 Å². The van der Waals surface area contributed by atoms with E-state index in [4.69, 9.17) is 37.0 Å². The van der Waals surface area contributed by atoms with Crippen molar-refractivity contribution in [1.82, 2.24) is 0 Å². The topological polar surface area (TPSA) is 237 Å². The Morgan fingerprint density at radius 2 is 0.500 bits per heavy atom. The number of ether oxygens (including phenoxy) is 4. The van der Waals surface area contributed by atoms with Crippen LogP contribution in [-0.4, -0.2) is 96.7 Å². The molecule has 19 heteroatoms. The van der Waals surface area contributed by atoms with Crippen LogP contribution in [-0.2, 0) is 65.4 Å². The summed E-state index contributed by atoms with van der Waals surface area (Å²) >= 11 is 0. The first kappa shape index (κ1) is 98.9. The number of unbranched alkanes of at least 4 members (excludes halogenated alkanes) is 24. The number of aliphatic hydroxyl groups is 1. The van der Waals surface area contributed by atoms with Crippen molar-refractivity contribution in [3.05, 3.63) is 146 Å². The molecule has 17 nitrogen and oxygen atoms in total. The van der Waals surface area contributed by atoms with Gasteiger partial charge in [0.25, 0.3) is 0 Å². The summed E-state index contributed by atoms with van der Waals surface area (Å²) in [6, 6.07) is 0. The molecule has 104 heavy (non-hydrogen) atoms. The van der Waals surface area contributed by atoms with Gasteiger partial charge in [0.1, 0.15) is 19.3 Å². The number of hydrogen-bond acceptors (Lipinski definition) is 15.